The van der Waals surface area contributed by atoms with Gasteiger partial charge >= 0.3 is 0 Å². The number of benzene rings is 1. The fourth-order valence-electron chi connectivity index (χ4n) is 1.24. The van der Waals surface area contributed by atoms with Gasteiger partial charge in [-0.1, -0.05) is 25.1 Å². The van der Waals surface area contributed by atoms with Crippen molar-refractivity contribution in [2.24, 2.45) is 5.73 Å². The summed E-state index contributed by atoms with van der Waals surface area (Å²) in [5.74, 6) is -0.113. The molecule has 0 aliphatic carbocycles. The highest BCUT2D eigenvalue weighted by atomic mass is 32.2. The Kier molecular flexibility index (Phi) is 5.02. The maximum atomic E-state index is 11.6. The number of hydrogen-bond donors (Lipinski definition) is 2. The van der Waals surface area contributed by atoms with Crippen molar-refractivity contribution in [1.29, 1.82) is 0 Å². The van der Waals surface area contributed by atoms with Gasteiger partial charge in [0.05, 0.1) is 5.54 Å². The van der Waals surface area contributed by atoms with E-state index in [1.165, 1.54) is 4.90 Å². The van der Waals surface area contributed by atoms with Crippen molar-refractivity contribution < 1.29 is 4.79 Å². The van der Waals surface area contributed by atoms with Crippen LogP contribution in [0.15, 0.2) is 35.2 Å². The van der Waals surface area contributed by atoms with Crippen LogP contribution >= 0.6 is 11.8 Å². The highest BCUT2D eigenvalue weighted by Gasteiger charge is 2.21. The third-order valence-corrected chi connectivity index (χ3v) is 3.33. The Balaban J connectivity index is 2.36. The van der Waals surface area contributed by atoms with Crippen molar-refractivity contribution in [3.05, 3.63) is 30.3 Å². The number of carbonyl (C=O) groups is 1. The first-order chi connectivity index (χ1) is 7.89. The second-order valence-electron chi connectivity index (χ2n) is 4.67. The summed E-state index contributed by atoms with van der Waals surface area (Å²) in [5, 5.41) is 3.18. The fraction of sp³-hybridized carbons (Fsp3) is 0.462. The fourth-order valence-corrected chi connectivity index (χ4v) is 2.18. The number of nitrogens with two attached hydrogens (primary N) is 1. The molecule has 1 aromatic carbocycles. The number of carbonyl (C=O) groups excluding carboxylic acids is 1. The molecule has 4 heteroatoms. The van der Waals surface area contributed by atoms with E-state index in [4.69, 9.17) is 5.73 Å². The Hall–Kier alpha value is -1.00. The Morgan fingerprint density at radius 3 is 2.53 bits per heavy atom. The summed E-state index contributed by atoms with van der Waals surface area (Å²) >= 11 is 1.74. The molecule has 0 aliphatic heterocycles. The second kappa shape index (κ2) is 6.07. The van der Waals surface area contributed by atoms with Gasteiger partial charge in [0, 0.05) is 16.7 Å². The third kappa shape index (κ3) is 5.24. The zero-order valence-electron chi connectivity index (χ0n) is 10.6. The molecule has 0 spiro atoms. The predicted octanol–water partition coefficient (Wildman–Crippen LogP) is 2.02. The molecule has 0 radical (unpaired) electrons. The quantitative estimate of drug-likeness (QED) is 0.788. The molecule has 1 unspecified atom stereocenters. The van der Waals surface area contributed by atoms with Crippen molar-refractivity contribution in [1.82, 2.24) is 5.32 Å². The number of hydrogen-bond acceptors (Lipinski definition) is 3. The Morgan fingerprint density at radius 1 is 1.41 bits per heavy atom. The van der Waals surface area contributed by atoms with Crippen molar-refractivity contribution in [2.45, 2.75) is 36.5 Å². The third-order valence-electron chi connectivity index (χ3n) is 2.22. The van der Waals surface area contributed by atoms with E-state index in [0.29, 0.717) is 11.8 Å². The van der Waals surface area contributed by atoms with Crippen LogP contribution in [0.3, 0.4) is 0 Å². The summed E-state index contributed by atoms with van der Waals surface area (Å²) < 4.78 is 0. The molecular formula is C13H20N2OS. The monoisotopic (exact) mass is 252 g/mol. The van der Waals surface area contributed by atoms with Crippen LogP contribution < -0.4 is 11.1 Å². The molecule has 0 bridgehead atoms. The minimum atomic E-state index is -0.808. The number of thioether (sulfide) groups is 1. The molecular weight excluding hydrogens is 232 g/mol. The predicted molar refractivity (Wildman–Crippen MR) is 73.0 cm³/mol. The minimum absolute atomic E-state index is 0.113. The highest BCUT2D eigenvalue weighted by Crippen LogP contribution is 2.21. The Bertz CT molecular complexity index is 359. The first-order valence-corrected chi connectivity index (χ1v) is 6.56. The molecule has 3 nitrogen and oxygen atoms in total. The summed E-state index contributed by atoms with van der Waals surface area (Å²) in [6.45, 7) is 6.12. The summed E-state index contributed by atoms with van der Waals surface area (Å²) in [4.78, 5) is 12.8. The lowest BCUT2D eigenvalue weighted by Gasteiger charge is -2.19. The van der Waals surface area contributed by atoms with Gasteiger partial charge in [-0.15, -0.1) is 11.8 Å². The molecule has 1 rings (SSSR count). The molecule has 0 heterocycles. The van der Waals surface area contributed by atoms with Gasteiger partial charge < -0.3 is 11.1 Å². The van der Waals surface area contributed by atoms with Gasteiger partial charge in [0.25, 0.3) is 0 Å². The molecule has 0 aliphatic rings. The summed E-state index contributed by atoms with van der Waals surface area (Å²) in [5.41, 5.74) is 4.89. The molecule has 17 heavy (non-hydrogen) atoms. The van der Waals surface area contributed by atoms with E-state index in [1.807, 2.05) is 18.2 Å². The van der Waals surface area contributed by atoms with Gasteiger partial charge in [0.15, 0.2) is 0 Å². The van der Waals surface area contributed by atoms with Crippen molar-refractivity contribution in [2.75, 3.05) is 6.54 Å². The molecule has 0 aromatic heterocycles. The Morgan fingerprint density at radius 2 is 2.00 bits per heavy atom. The number of amides is 1. The van der Waals surface area contributed by atoms with E-state index in [9.17, 15) is 4.79 Å². The van der Waals surface area contributed by atoms with Crippen LogP contribution in [0.5, 0.6) is 0 Å². The lowest BCUT2D eigenvalue weighted by Crippen LogP contribution is -2.50. The molecule has 0 fully saturated rings. The van der Waals surface area contributed by atoms with Gasteiger partial charge in [0.2, 0.25) is 5.91 Å². The van der Waals surface area contributed by atoms with E-state index in [-0.39, 0.29) is 5.91 Å². The van der Waals surface area contributed by atoms with Crippen LogP contribution in [0.25, 0.3) is 0 Å². The molecule has 0 saturated carbocycles. The first-order valence-electron chi connectivity index (χ1n) is 5.68. The van der Waals surface area contributed by atoms with Gasteiger partial charge in [-0.25, -0.2) is 0 Å². The van der Waals surface area contributed by atoms with Crippen LogP contribution in [-0.2, 0) is 4.79 Å². The van der Waals surface area contributed by atoms with E-state index in [1.54, 1.807) is 25.6 Å². The van der Waals surface area contributed by atoms with Crippen LogP contribution in [0.4, 0.5) is 0 Å². The van der Waals surface area contributed by atoms with Crippen molar-refractivity contribution in [3.8, 4) is 0 Å². The first kappa shape index (κ1) is 14.1. The second-order valence-corrected chi connectivity index (χ2v) is 6.19. The maximum absolute atomic E-state index is 11.6. The largest absolute Gasteiger partial charge is 0.353 e. The molecule has 0 saturated heterocycles. The van der Waals surface area contributed by atoms with Crippen LogP contribution in [0, 0.1) is 0 Å². The SMILES string of the molecule is CC(CNC(=O)C(C)(C)N)Sc1ccccc1. The molecule has 1 atom stereocenters. The molecule has 94 valence electrons. The number of nitrogens with one attached hydrogen (secondary N) is 1. The average molecular weight is 252 g/mol. The van der Waals surface area contributed by atoms with E-state index in [2.05, 4.69) is 24.4 Å². The summed E-state index contributed by atoms with van der Waals surface area (Å²) in [6, 6.07) is 10.1. The van der Waals surface area contributed by atoms with E-state index < -0.39 is 5.54 Å². The van der Waals surface area contributed by atoms with Gasteiger partial charge in [-0.05, 0) is 26.0 Å². The molecule has 1 amide bonds. The van der Waals surface area contributed by atoms with Gasteiger partial charge in [-0.2, -0.15) is 0 Å². The van der Waals surface area contributed by atoms with Gasteiger partial charge in [0.1, 0.15) is 0 Å². The number of rotatable bonds is 5. The Labute approximate surface area is 107 Å². The summed E-state index contributed by atoms with van der Waals surface area (Å²) in [7, 11) is 0. The molecule has 3 N–H and O–H groups in total. The van der Waals surface area contributed by atoms with Crippen LogP contribution in [-0.4, -0.2) is 23.2 Å². The average Bonchev–Trinajstić information content (AvgIpc) is 2.26. The maximum Gasteiger partial charge on any atom is 0.239 e. The van der Waals surface area contributed by atoms with Crippen molar-refractivity contribution >= 4 is 17.7 Å². The zero-order chi connectivity index (χ0) is 12.9. The van der Waals surface area contributed by atoms with Gasteiger partial charge in [-0.3, -0.25) is 4.79 Å². The topological polar surface area (TPSA) is 55.1 Å². The highest BCUT2D eigenvalue weighted by molar-refractivity contribution is 8.00. The van der Waals surface area contributed by atoms with Crippen LogP contribution in [0.2, 0.25) is 0 Å². The van der Waals surface area contributed by atoms with E-state index >= 15 is 0 Å². The summed E-state index contributed by atoms with van der Waals surface area (Å²) in [6.07, 6.45) is 0. The normalized spacial score (nSPS) is 13.2. The lowest BCUT2D eigenvalue weighted by atomic mass is 10.1. The molecule has 1 aromatic rings. The zero-order valence-corrected chi connectivity index (χ0v) is 11.4. The van der Waals surface area contributed by atoms with E-state index in [0.717, 1.165) is 0 Å². The standard InChI is InChI=1S/C13H20N2OS/c1-10(9-15-12(16)13(2,3)14)17-11-7-5-4-6-8-11/h4-8,10H,9,14H2,1-3H3,(H,15,16). The van der Waals surface area contributed by atoms with Crippen molar-refractivity contribution in [3.63, 3.8) is 0 Å². The lowest BCUT2D eigenvalue weighted by molar-refractivity contribution is -0.125. The van der Waals surface area contributed by atoms with Crippen LogP contribution in [0.1, 0.15) is 20.8 Å². The minimum Gasteiger partial charge on any atom is -0.353 e. The smallest absolute Gasteiger partial charge is 0.239 e.